The molecule has 8 rings (SSSR count). The van der Waals surface area contributed by atoms with Crippen LogP contribution in [0.25, 0.3) is 0 Å². The molecule has 1 aromatic rings. The van der Waals surface area contributed by atoms with Gasteiger partial charge in [-0.15, -0.1) is 11.8 Å². The molecule has 202 valence electrons. The average molecular weight is 541 g/mol. The Balaban J connectivity index is 1.14. The van der Waals surface area contributed by atoms with Gasteiger partial charge in [0.1, 0.15) is 12.2 Å². The van der Waals surface area contributed by atoms with E-state index in [0.29, 0.717) is 24.3 Å². The van der Waals surface area contributed by atoms with E-state index in [-0.39, 0.29) is 23.7 Å². The summed E-state index contributed by atoms with van der Waals surface area (Å²) in [4.78, 5) is 16.4. The molecule has 4 fully saturated rings. The fourth-order valence-corrected chi connectivity index (χ4v) is 8.40. The number of rotatable bonds is 6. The Morgan fingerprint density at radius 1 is 1.15 bits per heavy atom. The van der Waals surface area contributed by atoms with Crippen LogP contribution in [-0.2, 0) is 10.2 Å². The fraction of sp³-hybridized carbons (Fsp3) is 0.531. The minimum absolute atomic E-state index is 0.103. The highest BCUT2D eigenvalue weighted by molar-refractivity contribution is 8.13. The minimum Gasteiger partial charge on any atom is -0.381 e. The van der Waals surface area contributed by atoms with Crippen molar-refractivity contribution < 1.29 is 4.74 Å². The fourth-order valence-electron chi connectivity index (χ4n) is 7.70. The van der Waals surface area contributed by atoms with E-state index in [0.717, 1.165) is 32.5 Å². The summed E-state index contributed by atoms with van der Waals surface area (Å²) in [5, 5.41) is 12.4. The van der Waals surface area contributed by atoms with E-state index in [1.807, 2.05) is 12.2 Å². The van der Waals surface area contributed by atoms with Gasteiger partial charge in [0, 0.05) is 35.8 Å². The maximum Gasteiger partial charge on any atom is 0.121 e. The molecule has 0 amide bonds. The number of benzene rings is 1. The van der Waals surface area contributed by atoms with Gasteiger partial charge in [0.2, 0.25) is 0 Å². The average Bonchev–Trinajstić information content (AvgIpc) is 3.86. The van der Waals surface area contributed by atoms with Crippen molar-refractivity contribution in [2.75, 3.05) is 19.5 Å². The minimum atomic E-state index is -0.256. The first-order valence-electron chi connectivity index (χ1n) is 14.7. The van der Waals surface area contributed by atoms with Gasteiger partial charge in [-0.05, 0) is 79.4 Å². The van der Waals surface area contributed by atoms with Gasteiger partial charge in [0.15, 0.2) is 0 Å². The van der Waals surface area contributed by atoms with E-state index in [9.17, 15) is 4.91 Å². The Hall–Kier alpha value is -2.48. The number of thioether (sulfide) groups is 1. The summed E-state index contributed by atoms with van der Waals surface area (Å²) in [6.45, 7) is 1.76. The number of nitroso groups, excluding NO2 is 1. The van der Waals surface area contributed by atoms with E-state index in [1.54, 1.807) is 22.9 Å². The number of dihydropyridines is 1. The lowest BCUT2D eigenvalue weighted by Gasteiger charge is -2.32. The second-order valence-corrected chi connectivity index (χ2v) is 13.1. The molecule has 1 aromatic carbocycles. The number of nitrogens with one attached hydrogen (secondary N) is 2. The molecule has 5 atom stereocenters. The van der Waals surface area contributed by atoms with Crippen molar-refractivity contribution in [2.24, 2.45) is 16.1 Å². The third kappa shape index (κ3) is 4.11. The van der Waals surface area contributed by atoms with Gasteiger partial charge >= 0.3 is 0 Å². The molecule has 2 N–H and O–H groups in total. The number of aliphatic imine (C=N–C) groups is 1. The Morgan fingerprint density at radius 2 is 1.97 bits per heavy atom. The smallest absolute Gasteiger partial charge is 0.121 e. The zero-order valence-corrected chi connectivity index (χ0v) is 23.3. The van der Waals surface area contributed by atoms with E-state index in [2.05, 4.69) is 52.4 Å². The van der Waals surface area contributed by atoms with Crippen LogP contribution in [0, 0.1) is 10.8 Å². The van der Waals surface area contributed by atoms with Crippen molar-refractivity contribution in [3.63, 3.8) is 0 Å². The molecular weight excluding hydrogens is 504 g/mol. The van der Waals surface area contributed by atoms with Crippen LogP contribution >= 0.6 is 11.8 Å². The molecule has 2 saturated heterocycles. The van der Waals surface area contributed by atoms with Crippen LogP contribution in [0.15, 0.2) is 80.7 Å². The number of nitrogens with zero attached hydrogens (tertiary/aromatic N) is 2. The highest BCUT2D eigenvalue weighted by atomic mass is 32.2. The number of allylic oxidation sites excluding steroid dienone is 4. The van der Waals surface area contributed by atoms with Gasteiger partial charge in [0.25, 0.3) is 0 Å². The Morgan fingerprint density at radius 3 is 2.72 bits per heavy atom. The van der Waals surface area contributed by atoms with Gasteiger partial charge in [-0.25, -0.2) is 0 Å². The van der Waals surface area contributed by atoms with Crippen molar-refractivity contribution in [1.29, 1.82) is 0 Å². The predicted molar refractivity (Wildman–Crippen MR) is 157 cm³/mol. The Labute approximate surface area is 234 Å². The molecular formula is C32H36N4O2S. The van der Waals surface area contributed by atoms with Gasteiger partial charge in [-0.3, -0.25) is 10.3 Å². The molecule has 7 aliphatic rings. The van der Waals surface area contributed by atoms with Crippen LogP contribution < -0.4 is 10.6 Å². The van der Waals surface area contributed by atoms with Gasteiger partial charge in [-0.1, -0.05) is 53.2 Å². The van der Waals surface area contributed by atoms with Crippen LogP contribution in [-0.4, -0.2) is 48.8 Å². The standard InChI is InChI=1S/C32H36N4O2S/c1-39-31-27-25(16-18-3-2-4-22(15-18)36-37)33-29(24-17-23(24)26(27)28-30(34-28)35-31)32(11-12-32)21-7-5-19(6-8-21)20-9-13-38-14-10-20/h2-8,20,22-23,25,28,30,33-34H,9-17H2,1H3/t22?,23?,25-,28?,30?/m1/s1. The van der Waals surface area contributed by atoms with E-state index < -0.39 is 0 Å². The van der Waals surface area contributed by atoms with Crippen LogP contribution in [0.4, 0.5) is 0 Å². The molecule has 0 radical (unpaired) electrons. The second kappa shape index (κ2) is 9.28. The second-order valence-electron chi connectivity index (χ2n) is 12.3. The lowest BCUT2D eigenvalue weighted by Crippen LogP contribution is -2.38. The van der Waals surface area contributed by atoms with E-state index in [1.165, 1.54) is 52.3 Å². The molecule has 0 bridgehead atoms. The van der Waals surface area contributed by atoms with Crippen LogP contribution in [0.5, 0.6) is 0 Å². The zero-order chi connectivity index (χ0) is 26.1. The van der Waals surface area contributed by atoms with Crippen LogP contribution in [0.2, 0.25) is 0 Å². The Kier molecular flexibility index (Phi) is 5.79. The third-order valence-corrected chi connectivity index (χ3v) is 10.8. The molecule has 2 saturated carbocycles. The monoisotopic (exact) mass is 540 g/mol. The molecule has 4 unspecified atom stereocenters. The lowest BCUT2D eigenvalue weighted by atomic mass is 9.86. The Bertz CT molecular complexity index is 1360. The molecule has 6 nitrogen and oxygen atoms in total. The largest absolute Gasteiger partial charge is 0.381 e. The van der Waals surface area contributed by atoms with Crippen molar-refractivity contribution in [1.82, 2.24) is 10.6 Å². The van der Waals surface area contributed by atoms with Gasteiger partial charge in [-0.2, -0.15) is 4.91 Å². The van der Waals surface area contributed by atoms with Crippen molar-refractivity contribution in [2.45, 2.75) is 80.6 Å². The van der Waals surface area contributed by atoms with Crippen LogP contribution in [0.3, 0.4) is 0 Å². The summed E-state index contributed by atoms with van der Waals surface area (Å²) < 4.78 is 5.60. The number of hydrogen-bond acceptors (Lipinski definition) is 7. The lowest BCUT2D eigenvalue weighted by molar-refractivity contribution is 0.0853. The summed E-state index contributed by atoms with van der Waals surface area (Å²) in [5.74, 6) is 1.16. The summed E-state index contributed by atoms with van der Waals surface area (Å²) in [7, 11) is 0. The maximum atomic E-state index is 11.4. The normalized spacial score (nSPS) is 34.1. The number of ether oxygens (including phenoxy) is 1. The number of fused-ring (bicyclic) bond motifs is 4. The van der Waals surface area contributed by atoms with Crippen molar-refractivity contribution >= 4 is 16.8 Å². The first-order chi connectivity index (χ1) is 19.2. The molecule has 7 heteroatoms. The van der Waals surface area contributed by atoms with Crippen molar-refractivity contribution in [3.05, 3.63) is 86.5 Å². The van der Waals surface area contributed by atoms with E-state index >= 15 is 0 Å². The molecule has 0 spiro atoms. The summed E-state index contributed by atoms with van der Waals surface area (Å²) in [6, 6.07) is 9.91. The first kappa shape index (κ1) is 24.3. The summed E-state index contributed by atoms with van der Waals surface area (Å²) in [5.41, 5.74) is 10.4. The third-order valence-electron chi connectivity index (χ3n) is 10.1. The van der Waals surface area contributed by atoms with Crippen molar-refractivity contribution in [3.8, 4) is 0 Å². The van der Waals surface area contributed by atoms with Crippen LogP contribution in [0.1, 0.15) is 62.0 Å². The quantitative estimate of drug-likeness (QED) is 0.360. The molecule has 4 aliphatic heterocycles. The maximum absolute atomic E-state index is 11.4. The molecule has 4 heterocycles. The predicted octanol–water partition coefficient (Wildman–Crippen LogP) is 5.64. The van der Waals surface area contributed by atoms with Gasteiger partial charge in [0.05, 0.1) is 17.1 Å². The topological polar surface area (TPSA) is 85.0 Å². The molecule has 0 aromatic heterocycles. The van der Waals surface area contributed by atoms with E-state index in [4.69, 9.17) is 9.73 Å². The SMILES string of the molecule is CSC1=NC2NC2C2=C1[C@@H](CC1=CC=CC(N=O)C1)NC(C1(c3ccc(C4CCOCC4)cc3)CC1)=C1CC12. The zero-order valence-electron chi connectivity index (χ0n) is 22.5. The highest BCUT2D eigenvalue weighted by Crippen LogP contribution is 2.62. The first-order valence-corrected chi connectivity index (χ1v) is 15.9. The molecule has 3 aliphatic carbocycles. The summed E-state index contributed by atoms with van der Waals surface area (Å²) in [6.07, 6.45) is 16.0. The summed E-state index contributed by atoms with van der Waals surface area (Å²) >= 11 is 1.78. The number of hydrogen-bond donors (Lipinski definition) is 2. The highest BCUT2D eigenvalue weighted by Gasteiger charge is 2.58. The molecule has 39 heavy (non-hydrogen) atoms. The van der Waals surface area contributed by atoms with Gasteiger partial charge < -0.3 is 10.1 Å².